The largest absolute Gasteiger partial charge is 0.307 e. The van der Waals surface area contributed by atoms with E-state index in [9.17, 15) is 0 Å². The van der Waals surface area contributed by atoms with Crippen molar-refractivity contribution in [1.29, 1.82) is 0 Å². The second kappa shape index (κ2) is 6.36. The predicted molar refractivity (Wildman–Crippen MR) is 85.6 cm³/mol. The topological polar surface area (TPSA) is 12.0 Å². The van der Waals surface area contributed by atoms with E-state index in [1.54, 1.807) is 0 Å². The maximum atomic E-state index is 3.58. The first kappa shape index (κ1) is 14.3. The molecule has 2 aromatic rings. The van der Waals surface area contributed by atoms with E-state index in [1.807, 2.05) is 0 Å². The lowest BCUT2D eigenvalue weighted by atomic mass is 9.94. The first-order chi connectivity index (χ1) is 9.11. The highest BCUT2D eigenvalue weighted by molar-refractivity contribution is 9.10. The molecule has 0 aliphatic heterocycles. The summed E-state index contributed by atoms with van der Waals surface area (Å²) >= 11 is 3.56. The summed E-state index contributed by atoms with van der Waals surface area (Å²) in [5.41, 5.74) is 5.30. The van der Waals surface area contributed by atoms with Gasteiger partial charge in [-0.1, -0.05) is 58.7 Å². The Morgan fingerprint density at radius 1 is 1.11 bits per heavy atom. The van der Waals surface area contributed by atoms with Crippen molar-refractivity contribution in [3.8, 4) is 0 Å². The van der Waals surface area contributed by atoms with E-state index in [4.69, 9.17) is 0 Å². The molecule has 100 valence electrons. The molecule has 2 aromatic carbocycles. The van der Waals surface area contributed by atoms with Crippen LogP contribution in [-0.2, 0) is 0 Å². The van der Waals surface area contributed by atoms with Crippen LogP contribution in [-0.4, -0.2) is 6.54 Å². The molecule has 1 nitrogen and oxygen atoms in total. The minimum Gasteiger partial charge on any atom is -0.307 e. The van der Waals surface area contributed by atoms with Crippen LogP contribution in [0.5, 0.6) is 0 Å². The third kappa shape index (κ3) is 3.46. The Kier molecular flexibility index (Phi) is 4.78. The van der Waals surface area contributed by atoms with Crippen molar-refractivity contribution < 1.29 is 0 Å². The molecule has 2 rings (SSSR count). The smallest absolute Gasteiger partial charge is 0.0579 e. The van der Waals surface area contributed by atoms with Crippen LogP contribution in [0.1, 0.15) is 35.2 Å². The molecule has 0 heterocycles. The van der Waals surface area contributed by atoms with Crippen molar-refractivity contribution in [3.05, 3.63) is 69.2 Å². The fourth-order valence-corrected chi connectivity index (χ4v) is 2.86. The molecule has 0 radical (unpaired) electrons. The van der Waals surface area contributed by atoms with Crippen molar-refractivity contribution in [2.75, 3.05) is 6.54 Å². The van der Waals surface area contributed by atoms with Crippen LogP contribution >= 0.6 is 15.9 Å². The molecule has 0 saturated carbocycles. The van der Waals surface area contributed by atoms with Crippen molar-refractivity contribution in [2.45, 2.75) is 26.8 Å². The first-order valence-electron chi connectivity index (χ1n) is 6.68. The normalized spacial score (nSPS) is 12.4. The van der Waals surface area contributed by atoms with E-state index in [0.29, 0.717) is 0 Å². The highest BCUT2D eigenvalue weighted by atomic mass is 79.9. The number of hydrogen-bond donors (Lipinski definition) is 1. The lowest BCUT2D eigenvalue weighted by Gasteiger charge is -2.21. The third-order valence-electron chi connectivity index (χ3n) is 3.33. The summed E-state index contributed by atoms with van der Waals surface area (Å²) < 4.78 is 1.12. The molecular formula is C17H20BrN. The Bertz CT molecular complexity index is 563. The minimum atomic E-state index is 0.253. The van der Waals surface area contributed by atoms with Crippen LogP contribution in [0.25, 0.3) is 0 Å². The zero-order chi connectivity index (χ0) is 13.8. The van der Waals surface area contributed by atoms with Crippen LogP contribution in [0.15, 0.2) is 46.9 Å². The Hall–Kier alpha value is -1.12. The molecule has 0 aromatic heterocycles. The fraction of sp³-hybridized carbons (Fsp3) is 0.294. The van der Waals surface area contributed by atoms with Gasteiger partial charge in [0, 0.05) is 4.47 Å². The van der Waals surface area contributed by atoms with Gasteiger partial charge in [0.1, 0.15) is 0 Å². The van der Waals surface area contributed by atoms with Crippen LogP contribution in [0.4, 0.5) is 0 Å². The van der Waals surface area contributed by atoms with Gasteiger partial charge in [0.15, 0.2) is 0 Å². The lowest BCUT2D eigenvalue weighted by Crippen LogP contribution is -2.22. The molecule has 0 spiro atoms. The van der Waals surface area contributed by atoms with Gasteiger partial charge in [-0.2, -0.15) is 0 Å². The highest BCUT2D eigenvalue weighted by Crippen LogP contribution is 2.27. The average Bonchev–Trinajstić information content (AvgIpc) is 2.37. The summed E-state index contributed by atoms with van der Waals surface area (Å²) in [6.07, 6.45) is 0. The SMILES string of the molecule is CCNC(c1cccc(Br)c1)c1ccc(C)cc1C. The van der Waals surface area contributed by atoms with Crippen LogP contribution in [0.3, 0.4) is 0 Å². The zero-order valence-corrected chi connectivity index (χ0v) is 13.3. The summed E-state index contributed by atoms with van der Waals surface area (Å²) in [6, 6.07) is 15.4. The molecule has 0 aliphatic carbocycles. The second-order valence-corrected chi connectivity index (χ2v) is 5.82. The third-order valence-corrected chi connectivity index (χ3v) is 3.82. The Morgan fingerprint density at radius 3 is 2.53 bits per heavy atom. The van der Waals surface area contributed by atoms with Crippen molar-refractivity contribution in [1.82, 2.24) is 5.32 Å². The Balaban J connectivity index is 2.45. The lowest BCUT2D eigenvalue weighted by molar-refractivity contribution is 0.627. The molecule has 0 bridgehead atoms. The summed E-state index contributed by atoms with van der Waals surface area (Å²) in [6.45, 7) is 7.42. The van der Waals surface area contributed by atoms with Gasteiger partial charge >= 0.3 is 0 Å². The molecule has 1 N–H and O–H groups in total. The van der Waals surface area contributed by atoms with E-state index in [-0.39, 0.29) is 6.04 Å². The number of aryl methyl sites for hydroxylation is 2. The Labute approximate surface area is 124 Å². The predicted octanol–water partition coefficient (Wildman–Crippen LogP) is 4.76. The summed E-state index contributed by atoms with van der Waals surface area (Å²) in [4.78, 5) is 0. The van der Waals surface area contributed by atoms with E-state index in [2.05, 4.69) is 84.5 Å². The number of hydrogen-bond acceptors (Lipinski definition) is 1. The van der Waals surface area contributed by atoms with Crippen LogP contribution in [0, 0.1) is 13.8 Å². The van der Waals surface area contributed by atoms with Crippen molar-refractivity contribution in [3.63, 3.8) is 0 Å². The van der Waals surface area contributed by atoms with Gasteiger partial charge in [0.2, 0.25) is 0 Å². The summed E-state index contributed by atoms with van der Waals surface area (Å²) in [5, 5.41) is 3.58. The standard InChI is InChI=1S/C17H20BrN/c1-4-19-17(14-6-5-7-15(18)11-14)16-9-8-12(2)10-13(16)3/h5-11,17,19H,4H2,1-3H3. The molecule has 0 saturated heterocycles. The quantitative estimate of drug-likeness (QED) is 0.856. The zero-order valence-electron chi connectivity index (χ0n) is 11.7. The molecule has 0 aliphatic rings. The van der Waals surface area contributed by atoms with E-state index in [1.165, 1.54) is 22.3 Å². The molecule has 1 unspecified atom stereocenters. The maximum absolute atomic E-state index is 3.58. The van der Waals surface area contributed by atoms with Crippen molar-refractivity contribution in [2.24, 2.45) is 0 Å². The number of halogens is 1. The number of benzene rings is 2. The fourth-order valence-electron chi connectivity index (χ4n) is 2.45. The first-order valence-corrected chi connectivity index (χ1v) is 7.47. The van der Waals surface area contributed by atoms with Gasteiger partial charge in [0.05, 0.1) is 6.04 Å². The van der Waals surface area contributed by atoms with E-state index in [0.717, 1.165) is 11.0 Å². The summed E-state index contributed by atoms with van der Waals surface area (Å²) in [7, 11) is 0. The van der Waals surface area contributed by atoms with Crippen molar-refractivity contribution >= 4 is 15.9 Å². The molecule has 1 atom stereocenters. The van der Waals surface area contributed by atoms with Gasteiger partial charge in [0.25, 0.3) is 0 Å². The van der Waals surface area contributed by atoms with E-state index >= 15 is 0 Å². The van der Waals surface area contributed by atoms with Gasteiger partial charge in [-0.05, 0) is 49.2 Å². The molecule has 0 fully saturated rings. The van der Waals surface area contributed by atoms with E-state index < -0.39 is 0 Å². The van der Waals surface area contributed by atoms with Crippen LogP contribution in [0.2, 0.25) is 0 Å². The summed E-state index contributed by atoms with van der Waals surface area (Å²) in [5.74, 6) is 0. The van der Waals surface area contributed by atoms with Gasteiger partial charge < -0.3 is 5.32 Å². The minimum absolute atomic E-state index is 0.253. The molecule has 0 amide bonds. The average molecular weight is 318 g/mol. The molecular weight excluding hydrogens is 298 g/mol. The number of nitrogens with one attached hydrogen (secondary N) is 1. The highest BCUT2D eigenvalue weighted by Gasteiger charge is 2.15. The maximum Gasteiger partial charge on any atom is 0.0579 e. The molecule has 19 heavy (non-hydrogen) atoms. The van der Waals surface area contributed by atoms with Gasteiger partial charge in [-0.15, -0.1) is 0 Å². The van der Waals surface area contributed by atoms with Gasteiger partial charge in [-0.25, -0.2) is 0 Å². The molecule has 2 heteroatoms. The monoisotopic (exact) mass is 317 g/mol. The van der Waals surface area contributed by atoms with Crippen LogP contribution < -0.4 is 5.32 Å². The van der Waals surface area contributed by atoms with Gasteiger partial charge in [-0.3, -0.25) is 0 Å². The second-order valence-electron chi connectivity index (χ2n) is 4.91. The number of rotatable bonds is 4. The Morgan fingerprint density at radius 2 is 1.89 bits per heavy atom.